The molecule has 0 bridgehead atoms. The van der Waals surface area contributed by atoms with Crippen LogP contribution in [0.3, 0.4) is 0 Å². The zero-order valence-corrected chi connectivity index (χ0v) is 15.0. The molecule has 0 spiro atoms. The van der Waals surface area contributed by atoms with E-state index in [0.717, 1.165) is 18.4 Å². The second kappa shape index (κ2) is 8.48. The minimum absolute atomic E-state index is 0.0587. The molecule has 5 heteroatoms. The average Bonchev–Trinajstić information content (AvgIpc) is 3.08. The van der Waals surface area contributed by atoms with E-state index in [9.17, 15) is 9.59 Å². The number of rotatable bonds is 6. The highest BCUT2D eigenvalue weighted by molar-refractivity contribution is 5.94. The van der Waals surface area contributed by atoms with E-state index in [2.05, 4.69) is 16.0 Å². The van der Waals surface area contributed by atoms with Crippen LogP contribution in [0.2, 0.25) is 0 Å². The molecule has 136 valence electrons. The van der Waals surface area contributed by atoms with Gasteiger partial charge in [0.05, 0.1) is 6.04 Å². The van der Waals surface area contributed by atoms with E-state index in [-0.39, 0.29) is 17.9 Å². The molecule has 1 aliphatic carbocycles. The minimum Gasteiger partial charge on any atom is -0.352 e. The topological polar surface area (TPSA) is 70.2 Å². The summed E-state index contributed by atoms with van der Waals surface area (Å²) in [7, 11) is 0. The maximum Gasteiger partial charge on any atom is 0.251 e. The molecule has 1 saturated carbocycles. The fraction of sp³-hybridized carbons (Fsp3) is 0.600. The zero-order valence-electron chi connectivity index (χ0n) is 15.0. The molecule has 2 fully saturated rings. The Morgan fingerprint density at radius 1 is 1.20 bits per heavy atom. The van der Waals surface area contributed by atoms with Crippen molar-refractivity contribution in [1.29, 1.82) is 0 Å². The van der Waals surface area contributed by atoms with E-state index in [1.54, 1.807) is 6.07 Å². The van der Waals surface area contributed by atoms with Gasteiger partial charge in [0.25, 0.3) is 5.91 Å². The lowest BCUT2D eigenvalue weighted by atomic mass is 9.85. The fourth-order valence-corrected chi connectivity index (χ4v) is 4.00. The first kappa shape index (κ1) is 17.9. The van der Waals surface area contributed by atoms with Gasteiger partial charge in [-0.1, -0.05) is 31.9 Å². The van der Waals surface area contributed by atoms with Gasteiger partial charge in [-0.25, -0.2) is 0 Å². The Bertz CT molecular complexity index is 603. The van der Waals surface area contributed by atoms with Gasteiger partial charge in [0.15, 0.2) is 0 Å². The molecule has 3 rings (SSSR count). The van der Waals surface area contributed by atoms with Gasteiger partial charge in [0, 0.05) is 24.7 Å². The lowest BCUT2D eigenvalue weighted by Gasteiger charge is -2.24. The van der Waals surface area contributed by atoms with Gasteiger partial charge in [-0.15, -0.1) is 0 Å². The summed E-state index contributed by atoms with van der Waals surface area (Å²) in [4.78, 5) is 24.5. The molecule has 5 nitrogen and oxygen atoms in total. The van der Waals surface area contributed by atoms with Crippen molar-refractivity contribution < 1.29 is 9.59 Å². The lowest BCUT2D eigenvalue weighted by Crippen LogP contribution is -2.42. The van der Waals surface area contributed by atoms with E-state index in [4.69, 9.17) is 0 Å². The van der Waals surface area contributed by atoms with Gasteiger partial charge in [0.2, 0.25) is 5.91 Å². The Kier molecular flexibility index (Phi) is 6.08. The summed E-state index contributed by atoms with van der Waals surface area (Å²) in [6.07, 6.45) is 6.88. The standard InChI is InChI=1S/C20H29N3O2/c1-2-10-21-19(24)16-8-5-6-14(11-16)13-22-20(25)18-12-15-7-3-4-9-17(15)23-18/h5-6,8,11,15,17-18,23H,2-4,7,9-10,12-13H2,1H3,(H,21,24)(H,22,25). The number of hydrogen-bond acceptors (Lipinski definition) is 3. The van der Waals surface area contributed by atoms with Crippen molar-refractivity contribution in [2.45, 2.75) is 64.1 Å². The van der Waals surface area contributed by atoms with E-state index in [1.807, 2.05) is 25.1 Å². The highest BCUT2D eigenvalue weighted by Gasteiger charge is 2.37. The van der Waals surface area contributed by atoms with Gasteiger partial charge in [-0.05, 0) is 49.3 Å². The molecule has 2 aliphatic rings. The number of hydrogen-bond donors (Lipinski definition) is 3. The van der Waals surface area contributed by atoms with Crippen molar-refractivity contribution in [2.75, 3.05) is 6.54 Å². The molecule has 2 amide bonds. The van der Waals surface area contributed by atoms with Crippen LogP contribution in [0.5, 0.6) is 0 Å². The summed E-state index contributed by atoms with van der Waals surface area (Å²) in [5.41, 5.74) is 1.60. The fourth-order valence-electron chi connectivity index (χ4n) is 4.00. The Hall–Kier alpha value is -1.88. The molecule has 3 N–H and O–H groups in total. The number of amides is 2. The second-order valence-corrected chi connectivity index (χ2v) is 7.28. The predicted molar refractivity (Wildman–Crippen MR) is 98.2 cm³/mol. The largest absolute Gasteiger partial charge is 0.352 e. The summed E-state index contributed by atoms with van der Waals surface area (Å²) in [6.45, 7) is 3.16. The Balaban J connectivity index is 1.51. The first-order chi connectivity index (χ1) is 12.2. The molecule has 1 saturated heterocycles. The van der Waals surface area contributed by atoms with Crippen molar-refractivity contribution in [3.63, 3.8) is 0 Å². The van der Waals surface area contributed by atoms with Crippen LogP contribution in [0.1, 0.15) is 61.4 Å². The third-order valence-corrected chi connectivity index (χ3v) is 5.37. The van der Waals surface area contributed by atoms with E-state index < -0.39 is 0 Å². The molecular formula is C20H29N3O2. The molecule has 3 atom stereocenters. The van der Waals surface area contributed by atoms with E-state index >= 15 is 0 Å². The number of benzene rings is 1. The smallest absolute Gasteiger partial charge is 0.251 e. The molecule has 1 heterocycles. The highest BCUT2D eigenvalue weighted by atomic mass is 16.2. The first-order valence-electron chi connectivity index (χ1n) is 9.58. The molecule has 0 radical (unpaired) electrons. The molecule has 1 aromatic carbocycles. The maximum absolute atomic E-state index is 12.5. The Labute approximate surface area is 150 Å². The highest BCUT2D eigenvalue weighted by Crippen LogP contribution is 2.33. The molecular weight excluding hydrogens is 314 g/mol. The predicted octanol–water partition coefficient (Wildman–Crippen LogP) is 2.36. The third-order valence-electron chi connectivity index (χ3n) is 5.37. The number of carbonyl (C=O) groups excluding carboxylic acids is 2. The zero-order chi connectivity index (χ0) is 17.6. The molecule has 3 unspecified atom stereocenters. The van der Waals surface area contributed by atoms with Crippen LogP contribution in [0.4, 0.5) is 0 Å². The quantitative estimate of drug-likeness (QED) is 0.743. The van der Waals surface area contributed by atoms with Crippen LogP contribution >= 0.6 is 0 Å². The van der Waals surface area contributed by atoms with Crippen LogP contribution in [-0.2, 0) is 11.3 Å². The Morgan fingerprint density at radius 2 is 2.04 bits per heavy atom. The van der Waals surface area contributed by atoms with Crippen LogP contribution in [0.15, 0.2) is 24.3 Å². The van der Waals surface area contributed by atoms with Crippen LogP contribution in [0.25, 0.3) is 0 Å². The van der Waals surface area contributed by atoms with E-state index in [0.29, 0.717) is 30.6 Å². The monoisotopic (exact) mass is 343 g/mol. The molecule has 0 aromatic heterocycles. The number of fused-ring (bicyclic) bond motifs is 1. The molecule has 25 heavy (non-hydrogen) atoms. The second-order valence-electron chi connectivity index (χ2n) is 7.28. The van der Waals surface area contributed by atoms with E-state index in [1.165, 1.54) is 25.7 Å². The van der Waals surface area contributed by atoms with Gasteiger partial charge >= 0.3 is 0 Å². The van der Waals surface area contributed by atoms with Crippen molar-refractivity contribution in [3.05, 3.63) is 35.4 Å². The van der Waals surface area contributed by atoms with Gasteiger partial charge < -0.3 is 16.0 Å². The lowest BCUT2D eigenvalue weighted by molar-refractivity contribution is -0.123. The summed E-state index contributed by atoms with van der Waals surface area (Å²) >= 11 is 0. The van der Waals surface area contributed by atoms with Gasteiger partial charge in [-0.2, -0.15) is 0 Å². The summed E-state index contributed by atoms with van der Waals surface area (Å²) < 4.78 is 0. The van der Waals surface area contributed by atoms with Gasteiger partial charge in [0.1, 0.15) is 0 Å². The third kappa shape index (κ3) is 4.60. The maximum atomic E-state index is 12.5. The van der Waals surface area contributed by atoms with Gasteiger partial charge in [-0.3, -0.25) is 9.59 Å². The van der Waals surface area contributed by atoms with Crippen LogP contribution in [0, 0.1) is 5.92 Å². The molecule has 1 aromatic rings. The minimum atomic E-state index is -0.0656. The normalized spacial score (nSPS) is 25.2. The van der Waals surface area contributed by atoms with Crippen molar-refractivity contribution >= 4 is 11.8 Å². The average molecular weight is 343 g/mol. The van der Waals surface area contributed by atoms with Crippen LogP contribution < -0.4 is 16.0 Å². The Morgan fingerprint density at radius 3 is 2.84 bits per heavy atom. The number of carbonyl (C=O) groups is 2. The summed E-state index contributed by atoms with van der Waals surface area (Å²) in [5, 5.41) is 9.41. The molecule has 1 aliphatic heterocycles. The van der Waals surface area contributed by atoms with Crippen molar-refractivity contribution in [2.24, 2.45) is 5.92 Å². The summed E-state index contributed by atoms with van der Waals surface area (Å²) in [5.74, 6) is 0.682. The number of nitrogens with one attached hydrogen (secondary N) is 3. The first-order valence-corrected chi connectivity index (χ1v) is 9.58. The van der Waals surface area contributed by atoms with Crippen molar-refractivity contribution in [3.8, 4) is 0 Å². The van der Waals surface area contributed by atoms with Crippen LogP contribution in [-0.4, -0.2) is 30.4 Å². The van der Waals surface area contributed by atoms with Crippen molar-refractivity contribution in [1.82, 2.24) is 16.0 Å². The SMILES string of the molecule is CCCNC(=O)c1cccc(CNC(=O)C2CC3CCCCC3N2)c1. The summed E-state index contributed by atoms with van der Waals surface area (Å²) in [6, 6.07) is 7.93.